The van der Waals surface area contributed by atoms with Crippen LogP contribution in [0.1, 0.15) is 0 Å². The second-order valence-electron chi connectivity index (χ2n) is 7.40. The fraction of sp³-hybridized carbons (Fsp3) is 0.304. The van der Waals surface area contributed by atoms with E-state index in [1.54, 1.807) is 19.2 Å². The van der Waals surface area contributed by atoms with E-state index in [4.69, 9.17) is 14.2 Å². The van der Waals surface area contributed by atoms with Crippen molar-refractivity contribution in [2.45, 2.75) is 4.90 Å². The van der Waals surface area contributed by atoms with Crippen molar-refractivity contribution >= 4 is 15.8 Å². The van der Waals surface area contributed by atoms with Gasteiger partial charge in [-0.25, -0.2) is 18.4 Å². The van der Waals surface area contributed by atoms with Crippen LogP contribution in [0.5, 0.6) is 17.2 Å². The highest BCUT2D eigenvalue weighted by molar-refractivity contribution is 7.89. The predicted octanol–water partition coefficient (Wildman–Crippen LogP) is 2.68. The van der Waals surface area contributed by atoms with Crippen molar-refractivity contribution in [2.24, 2.45) is 0 Å². The molecule has 0 radical (unpaired) electrons. The minimum Gasteiger partial charge on any atom is -0.497 e. The Morgan fingerprint density at radius 1 is 0.818 bits per heavy atom. The first-order valence-electron chi connectivity index (χ1n) is 10.4. The molecule has 0 bridgehead atoms. The highest BCUT2D eigenvalue weighted by atomic mass is 32.2. The van der Waals surface area contributed by atoms with Crippen molar-refractivity contribution in [2.75, 3.05) is 52.4 Å². The number of methoxy groups -OCH3 is 3. The molecule has 2 aromatic carbocycles. The Kier molecular flexibility index (Phi) is 6.66. The molecule has 1 aromatic heterocycles. The average molecular weight is 471 g/mol. The lowest BCUT2D eigenvalue weighted by molar-refractivity contribution is 0.370. The Hall–Kier alpha value is -3.37. The van der Waals surface area contributed by atoms with Gasteiger partial charge in [-0.2, -0.15) is 4.31 Å². The molecule has 1 saturated heterocycles. The van der Waals surface area contributed by atoms with E-state index in [0.29, 0.717) is 31.9 Å². The topological polar surface area (TPSA) is 94.1 Å². The third-order valence-corrected chi connectivity index (χ3v) is 7.49. The summed E-state index contributed by atoms with van der Waals surface area (Å²) in [6.45, 7) is 1.64. The average Bonchev–Trinajstić information content (AvgIpc) is 2.88. The first-order chi connectivity index (χ1) is 16.0. The molecule has 3 aromatic rings. The summed E-state index contributed by atoms with van der Waals surface area (Å²) in [5.74, 6) is 2.24. The molecular formula is C23H26N4O5S. The Morgan fingerprint density at radius 3 is 2.24 bits per heavy atom. The van der Waals surface area contributed by atoms with Crippen molar-refractivity contribution in [1.29, 1.82) is 0 Å². The van der Waals surface area contributed by atoms with E-state index in [1.807, 2.05) is 30.3 Å². The lowest BCUT2D eigenvalue weighted by Crippen LogP contribution is -2.49. The lowest BCUT2D eigenvalue weighted by atomic mass is 10.1. The molecule has 9 nitrogen and oxygen atoms in total. The first-order valence-corrected chi connectivity index (χ1v) is 11.8. The summed E-state index contributed by atoms with van der Waals surface area (Å²) in [5, 5.41) is 0. The second kappa shape index (κ2) is 9.63. The molecule has 0 amide bonds. The standard InChI is InChI=1S/C23H26N4O5S/c1-30-18-6-4-5-17(13-18)20-15-23(25-16-24-20)26-9-11-27(12-10-26)33(28,29)22-14-19(31-2)7-8-21(22)32-3/h4-8,13-16H,9-12H2,1-3H3. The Bertz CT molecular complexity index is 1230. The minimum absolute atomic E-state index is 0.0974. The van der Waals surface area contributed by atoms with Crippen LogP contribution in [0.4, 0.5) is 5.82 Å². The summed E-state index contributed by atoms with van der Waals surface area (Å²) in [6, 6.07) is 14.3. The molecule has 10 heteroatoms. The number of sulfonamides is 1. The third kappa shape index (κ3) is 4.71. The molecule has 0 N–H and O–H groups in total. The van der Waals surface area contributed by atoms with Crippen molar-refractivity contribution in [1.82, 2.24) is 14.3 Å². The van der Waals surface area contributed by atoms with Crippen LogP contribution in [-0.2, 0) is 10.0 Å². The van der Waals surface area contributed by atoms with E-state index in [1.165, 1.54) is 30.9 Å². The van der Waals surface area contributed by atoms with E-state index < -0.39 is 10.0 Å². The van der Waals surface area contributed by atoms with Gasteiger partial charge in [0.05, 0.1) is 27.0 Å². The van der Waals surface area contributed by atoms with Gasteiger partial charge in [-0.1, -0.05) is 12.1 Å². The molecule has 0 spiro atoms. The molecule has 4 rings (SSSR count). The maximum absolute atomic E-state index is 13.3. The second-order valence-corrected chi connectivity index (χ2v) is 9.31. The third-order valence-electron chi connectivity index (χ3n) is 5.57. The van der Waals surface area contributed by atoms with Gasteiger partial charge in [0.25, 0.3) is 0 Å². The van der Waals surface area contributed by atoms with Gasteiger partial charge in [-0.05, 0) is 24.3 Å². The van der Waals surface area contributed by atoms with Gasteiger partial charge < -0.3 is 19.1 Å². The zero-order valence-corrected chi connectivity index (χ0v) is 19.6. The summed E-state index contributed by atoms with van der Waals surface area (Å²) in [7, 11) is 0.828. The molecule has 1 aliphatic heterocycles. The van der Waals surface area contributed by atoms with Gasteiger partial charge in [0.2, 0.25) is 10.0 Å². The van der Waals surface area contributed by atoms with E-state index in [2.05, 4.69) is 14.9 Å². The Morgan fingerprint density at radius 2 is 1.55 bits per heavy atom. The van der Waals surface area contributed by atoms with Gasteiger partial charge in [0.1, 0.15) is 34.3 Å². The van der Waals surface area contributed by atoms with E-state index in [-0.39, 0.29) is 10.6 Å². The van der Waals surface area contributed by atoms with Crippen molar-refractivity contribution in [3.05, 3.63) is 54.9 Å². The van der Waals surface area contributed by atoms with Crippen LogP contribution < -0.4 is 19.1 Å². The van der Waals surface area contributed by atoms with Crippen LogP contribution >= 0.6 is 0 Å². The normalized spacial score (nSPS) is 14.7. The van der Waals surface area contributed by atoms with Crippen molar-refractivity contribution in [3.63, 3.8) is 0 Å². The summed E-state index contributed by atoms with van der Waals surface area (Å²) >= 11 is 0. The molecule has 0 aliphatic carbocycles. The van der Waals surface area contributed by atoms with Crippen LogP contribution in [0.15, 0.2) is 59.8 Å². The largest absolute Gasteiger partial charge is 0.497 e. The number of hydrogen-bond acceptors (Lipinski definition) is 8. The molecule has 174 valence electrons. The fourth-order valence-corrected chi connectivity index (χ4v) is 5.34. The van der Waals surface area contributed by atoms with Gasteiger partial charge in [-0.3, -0.25) is 0 Å². The van der Waals surface area contributed by atoms with Crippen molar-refractivity contribution in [3.8, 4) is 28.5 Å². The summed E-state index contributed by atoms with van der Waals surface area (Å²) in [4.78, 5) is 10.9. The van der Waals surface area contributed by atoms with Gasteiger partial charge >= 0.3 is 0 Å². The molecule has 0 atom stereocenters. The number of anilines is 1. The van der Waals surface area contributed by atoms with Gasteiger partial charge in [0.15, 0.2) is 0 Å². The van der Waals surface area contributed by atoms with Crippen LogP contribution in [-0.4, -0.2) is 70.2 Å². The smallest absolute Gasteiger partial charge is 0.247 e. The quantitative estimate of drug-likeness (QED) is 0.520. The lowest BCUT2D eigenvalue weighted by Gasteiger charge is -2.34. The Balaban J connectivity index is 1.51. The van der Waals surface area contributed by atoms with E-state index in [0.717, 1.165) is 22.8 Å². The Labute approximate surface area is 193 Å². The molecule has 0 saturated carbocycles. The van der Waals surface area contributed by atoms with Crippen molar-refractivity contribution < 1.29 is 22.6 Å². The van der Waals surface area contributed by atoms with E-state index >= 15 is 0 Å². The fourth-order valence-electron chi connectivity index (χ4n) is 3.74. The van der Waals surface area contributed by atoms with Crippen LogP contribution in [0, 0.1) is 0 Å². The predicted molar refractivity (Wildman–Crippen MR) is 125 cm³/mol. The number of rotatable bonds is 7. The minimum atomic E-state index is -3.75. The molecule has 1 aliphatic rings. The first kappa shape index (κ1) is 22.8. The summed E-state index contributed by atoms with van der Waals surface area (Å²) in [6.07, 6.45) is 1.52. The number of nitrogens with zero attached hydrogens (tertiary/aromatic N) is 4. The molecule has 33 heavy (non-hydrogen) atoms. The monoisotopic (exact) mass is 470 g/mol. The molecule has 1 fully saturated rings. The van der Waals surface area contributed by atoms with Crippen LogP contribution in [0.25, 0.3) is 11.3 Å². The van der Waals surface area contributed by atoms with E-state index in [9.17, 15) is 8.42 Å². The number of aromatic nitrogens is 2. The maximum atomic E-state index is 13.3. The zero-order chi connectivity index (χ0) is 23.4. The summed E-state index contributed by atoms with van der Waals surface area (Å²) < 4.78 is 43.9. The highest BCUT2D eigenvalue weighted by Crippen LogP contribution is 2.31. The number of piperazine rings is 1. The maximum Gasteiger partial charge on any atom is 0.247 e. The SMILES string of the molecule is COc1cccc(-c2cc(N3CCN(S(=O)(=O)c4cc(OC)ccc4OC)CC3)ncn2)c1. The zero-order valence-electron chi connectivity index (χ0n) is 18.8. The highest BCUT2D eigenvalue weighted by Gasteiger charge is 2.31. The number of benzene rings is 2. The number of ether oxygens (including phenoxy) is 3. The molecule has 0 unspecified atom stereocenters. The van der Waals surface area contributed by atoms with Crippen LogP contribution in [0.3, 0.4) is 0 Å². The molecular weight excluding hydrogens is 444 g/mol. The van der Waals surface area contributed by atoms with Gasteiger partial charge in [0, 0.05) is 43.9 Å². The summed E-state index contributed by atoms with van der Waals surface area (Å²) in [5.41, 5.74) is 1.69. The van der Waals surface area contributed by atoms with Gasteiger partial charge in [-0.15, -0.1) is 0 Å². The number of hydrogen-bond donors (Lipinski definition) is 0. The molecule has 2 heterocycles. The van der Waals surface area contributed by atoms with Crippen LogP contribution in [0.2, 0.25) is 0 Å².